The van der Waals surface area contributed by atoms with E-state index in [0.717, 1.165) is 73.0 Å². The molecule has 0 aliphatic carbocycles. The van der Waals surface area contributed by atoms with Crippen LogP contribution in [0.3, 0.4) is 0 Å². The van der Waals surface area contributed by atoms with Crippen LogP contribution in [-0.4, -0.2) is 39.3 Å². The molecule has 5 nitrogen and oxygen atoms in total. The summed E-state index contributed by atoms with van der Waals surface area (Å²) in [4.78, 5) is 10.5. The van der Waals surface area contributed by atoms with Crippen molar-refractivity contribution in [2.75, 3.05) is 6.61 Å². The number of hydrogen-bond acceptors (Lipinski definition) is 2. The Bertz CT molecular complexity index is 1290. The standard InChI is InChI=1S/C30H39BF2N2O3/c1-21-19-23(3)34-29(21)28(30-22(2)20-24(4)35(30)31(34,32)33)25-14-16-26(17-15-25)38-18-12-10-8-6-5-7-9-11-13-27(36)37/h14-17,19-20H,5-13,18H2,1-4H3,(H,36,37). The van der Waals surface area contributed by atoms with Gasteiger partial charge in [0.05, 0.1) is 12.2 Å². The number of allylic oxidation sites excluding steroid dienone is 2. The zero-order valence-electron chi connectivity index (χ0n) is 23.0. The second kappa shape index (κ2) is 11.7. The molecule has 2 aliphatic heterocycles. The number of aromatic nitrogens is 1. The molecule has 0 saturated heterocycles. The van der Waals surface area contributed by atoms with Gasteiger partial charge < -0.3 is 27.4 Å². The number of hydrogen-bond donors (Lipinski definition) is 1. The predicted octanol–water partition coefficient (Wildman–Crippen LogP) is 7.51. The van der Waals surface area contributed by atoms with Crippen LogP contribution in [0.2, 0.25) is 0 Å². The quantitative estimate of drug-likeness (QED) is 0.218. The molecule has 0 fully saturated rings. The van der Waals surface area contributed by atoms with Crippen LogP contribution in [0.25, 0.3) is 5.57 Å². The number of rotatable bonds is 13. The number of aliphatic carboxylic acids is 1. The average molecular weight is 524 g/mol. The minimum Gasteiger partial charge on any atom is -0.494 e. The predicted molar refractivity (Wildman–Crippen MR) is 149 cm³/mol. The molecule has 204 valence electrons. The number of halogens is 2. The molecule has 1 aromatic heterocycles. The monoisotopic (exact) mass is 524 g/mol. The maximum Gasteiger partial charge on any atom is 0.737 e. The summed E-state index contributed by atoms with van der Waals surface area (Å²) in [7, 11) is 0. The lowest BCUT2D eigenvalue weighted by Gasteiger charge is -2.34. The summed E-state index contributed by atoms with van der Waals surface area (Å²) in [6, 6.07) is 9.66. The van der Waals surface area contributed by atoms with Crippen LogP contribution in [-0.2, 0) is 4.79 Å². The minimum atomic E-state index is -3.97. The van der Waals surface area contributed by atoms with Crippen LogP contribution < -0.4 is 4.74 Å². The van der Waals surface area contributed by atoms with Crippen molar-refractivity contribution in [1.29, 1.82) is 0 Å². The summed E-state index contributed by atoms with van der Waals surface area (Å²) in [6.07, 6.45) is 10.5. The Morgan fingerprint density at radius 3 is 2.18 bits per heavy atom. The first-order valence-electron chi connectivity index (χ1n) is 13.8. The van der Waals surface area contributed by atoms with Crippen molar-refractivity contribution in [3.05, 3.63) is 70.2 Å². The van der Waals surface area contributed by atoms with Crippen molar-refractivity contribution in [2.24, 2.45) is 0 Å². The van der Waals surface area contributed by atoms with Crippen LogP contribution in [0.4, 0.5) is 8.63 Å². The Hall–Kier alpha value is -3.16. The molecule has 2 aromatic rings. The van der Waals surface area contributed by atoms with Crippen molar-refractivity contribution in [2.45, 2.75) is 85.5 Å². The number of carbonyl (C=O) groups is 1. The van der Waals surface area contributed by atoms with Crippen LogP contribution in [0.1, 0.15) is 94.1 Å². The molecular formula is C30H39BF2N2O3. The number of carboxylic acid groups (broad SMARTS) is 1. The fourth-order valence-corrected chi connectivity index (χ4v) is 5.92. The van der Waals surface area contributed by atoms with E-state index in [4.69, 9.17) is 9.84 Å². The number of benzene rings is 1. The van der Waals surface area contributed by atoms with Gasteiger partial charge >= 0.3 is 12.9 Å². The van der Waals surface area contributed by atoms with Crippen molar-refractivity contribution >= 4 is 24.2 Å². The molecule has 0 amide bonds. The van der Waals surface area contributed by atoms with Gasteiger partial charge in [0.2, 0.25) is 0 Å². The average Bonchev–Trinajstić information content (AvgIpc) is 3.33. The number of fused-ring (bicyclic) bond motifs is 2. The van der Waals surface area contributed by atoms with Gasteiger partial charge in [-0.2, -0.15) is 0 Å². The fourth-order valence-electron chi connectivity index (χ4n) is 5.92. The van der Waals surface area contributed by atoms with Crippen molar-refractivity contribution in [3.63, 3.8) is 0 Å². The summed E-state index contributed by atoms with van der Waals surface area (Å²) in [6.45, 7) is 3.99. The Labute approximate surface area is 224 Å². The van der Waals surface area contributed by atoms with Crippen molar-refractivity contribution < 1.29 is 27.8 Å². The zero-order chi connectivity index (χ0) is 27.4. The topological polar surface area (TPSA) is 54.5 Å². The first-order valence-corrected chi connectivity index (χ1v) is 13.8. The van der Waals surface area contributed by atoms with Gasteiger partial charge in [-0.25, -0.2) is 0 Å². The van der Waals surface area contributed by atoms with Crippen LogP contribution in [0.15, 0.2) is 47.7 Å². The molecule has 0 atom stereocenters. The molecule has 8 heteroatoms. The third kappa shape index (κ3) is 5.64. The maximum atomic E-state index is 15.8. The Morgan fingerprint density at radius 1 is 0.947 bits per heavy atom. The number of ether oxygens (including phenoxy) is 1. The smallest absolute Gasteiger partial charge is 0.494 e. The first-order chi connectivity index (χ1) is 18.1. The van der Waals surface area contributed by atoms with Gasteiger partial charge in [0.25, 0.3) is 0 Å². The lowest BCUT2D eigenvalue weighted by atomic mass is 9.84. The van der Waals surface area contributed by atoms with E-state index in [1.807, 2.05) is 50.3 Å². The van der Waals surface area contributed by atoms with E-state index in [-0.39, 0.29) is 6.42 Å². The molecule has 1 aromatic carbocycles. The molecular weight excluding hydrogens is 485 g/mol. The number of nitrogens with zero attached hydrogens (tertiary/aromatic N) is 2. The summed E-state index contributed by atoms with van der Waals surface area (Å²) in [5.74, 6) is 0.0723. The van der Waals surface area contributed by atoms with Gasteiger partial charge in [-0.1, -0.05) is 50.7 Å². The second-order valence-electron chi connectivity index (χ2n) is 10.7. The van der Waals surface area contributed by atoms with E-state index >= 15 is 8.63 Å². The lowest BCUT2D eigenvalue weighted by Crippen LogP contribution is -2.51. The number of unbranched alkanes of at least 4 members (excludes halogenated alkanes) is 7. The van der Waals surface area contributed by atoms with Gasteiger partial charge in [-0.3, -0.25) is 4.79 Å². The second-order valence-corrected chi connectivity index (χ2v) is 10.7. The molecule has 3 heterocycles. The summed E-state index contributed by atoms with van der Waals surface area (Å²) in [5.41, 5.74) is 5.76. The highest BCUT2D eigenvalue weighted by Crippen LogP contribution is 2.44. The van der Waals surface area contributed by atoms with Crippen LogP contribution in [0.5, 0.6) is 5.75 Å². The third-order valence-corrected chi connectivity index (χ3v) is 7.63. The molecule has 0 saturated carbocycles. The molecule has 2 aliphatic rings. The number of aryl methyl sites for hydroxylation is 2. The van der Waals surface area contributed by atoms with Crippen molar-refractivity contribution in [3.8, 4) is 5.75 Å². The van der Waals surface area contributed by atoms with Gasteiger partial charge in [-0.15, -0.1) is 0 Å². The highest BCUT2D eigenvalue weighted by atomic mass is 19.2. The summed E-state index contributed by atoms with van der Waals surface area (Å²) < 4.78 is 40.0. The number of carboxylic acids is 1. The molecule has 1 N–H and O–H groups in total. The van der Waals surface area contributed by atoms with Gasteiger partial charge in [0.15, 0.2) is 5.70 Å². The van der Waals surface area contributed by atoms with E-state index in [9.17, 15) is 4.79 Å². The Morgan fingerprint density at radius 2 is 1.55 bits per heavy atom. The minimum absolute atomic E-state index is 0.272. The maximum absolute atomic E-state index is 15.8. The van der Waals surface area contributed by atoms with E-state index < -0.39 is 12.9 Å². The van der Waals surface area contributed by atoms with E-state index in [0.29, 0.717) is 29.4 Å². The van der Waals surface area contributed by atoms with Crippen LogP contribution >= 0.6 is 0 Å². The Balaban J connectivity index is 1.37. The fraction of sp³-hybridized carbons (Fsp3) is 0.467. The third-order valence-electron chi connectivity index (χ3n) is 7.63. The first kappa shape index (κ1) is 27.9. The summed E-state index contributed by atoms with van der Waals surface area (Å²) in [5, 5.41) is 8.66. The SMILES string of the molecule is CC1=CC(C)=[N+]2C1=C(c1ccc(OCCCCCCCCCCC(=O)O)cc1)c1c(C)cc(C)n1[B-]2(F)F. The largest absolute Gasteiger partial charge is 0.737 e. The lowest BCUT2D eigenvalue weighted by molar-refractivity contribution is -0.363. The molecule has 4 rings (SSSR count). The van der Waals surface area contributed by atoms with Crippen molar-refractivity contribution in [1.82, 2.24) is 4.48 Å². The van der Waals surface area contributed by atoms with E-state index in [1.54, 1.807) is 13.8 Å². The molecule has 0 radical (unpaired) electrons. The summed E-state index contributed by atoms with van der Waals surface area (Å²) >= 11 is 0. The van der Waals surface area contributed by atoms with Crippen LogP contribution in [0, 0.1) is 13.8 Å². The zero-order valence-corrected chi connectivity index (χ0v) is 23.0. The van der Waals surface area contributed by atoms with E-state index in [2.05, 4.69) is 0 Å². The van der Waals surface area contributed by atoms with Gasteiger partial charge in [0, 0.05) is 30.7 Å². The molecule has 38 heavy (non-hydrogen) atoms. The Kier molecular flexibility index (Phi) is 8.59. The normalized spacial score (nSPS) is 16.0. The highest BCUT2D eigenvalue weighted by molar-refractivity contribution is 6.58. The molecule has 0 unspecified atom stereocenters. The van der Waals surface area contributed by atoms with Gasteiger partial charge in [0.1, 0.15) is 11.5 Å². The van der Waals surface area contributed by atoms with Gasteiger partial charge in [-0.05, 0) is 68.6 Å². The van der Waals surface area contributed by atoms with E-state index in [1.165, 1.54) is 15.4 Å². The highest BCUT2D eigenvalue weighted by Gasteiger charge is 2.55. The molecule has 0 spiro atoms. The molecule has 0 bridgehead atoms.